The minimum Gasteiger partial charge on any atom is -0.307 e. The van der Waals surface area contributed by atoms with Crippen LogP contribution in [0.25, 0.3) is 0 Å². The molecule has 0 radical (unpaired) electrons. The van der Waals surface area contributed by atoms with Crippen LogP contribution in [0.4, 0.5) is 0 Å². The predicted molar refractivity (Wildman–Crippen MR) is 70.9 cm³/mol. The Morgan fingerprint density at radius 3 is 2.71 bits per heavy atom. The van der Waals surface area contributed by atoms with Crippen LogP contribution in [0, 0.1) is 5.92 Å². The van der Waals surface area contributed by atoms with Crippen molar-refractivity contribution in [1.29, 1.82) is 0 Å². The van der Waals surface area contributed by atoms with Crippen molar-refractivity contribution < 1.29 is 0 Å². The molecule has 1 saturated carbocycles. The molecule has 1 aliphatic carbocycles. The fourth-order valence-electron chi connectivity index (χ4n) is 2.86. The Morgan fingerprint density at radius 2 is 2.12 bits per heavy atom. The van der Waals surface area contributed by atoms with Gasteiger partial charge in [0.1, 0.15) is 0 Å². The van der Waals surface area contributed by atoms with Gasteiger partial charge in [-0.1, -0.05) is 12.8 Å². The van der Waals surface area contributed by atoms with E-state index in [0.717, 1.165) is 12.5 Å². The standard InChI is InChI=1S/C14H25N3/c1-4-17-10-14(9-15-17)12(3)16-11(2)13-7-5-6-8-13/h9-13,16H,4-8H2,1-3H3/t11-,12?/m1/s1. The number of rotatable bonds is 5. The molecule has 1 fully saturated rings. The van der Waals surface area contributed by atoms with Gasteiger partial charge in [-0.25, -0.2) is 0 Å². The third-order valence-corrected chi connectivity index (χ3v) is 4.10. The Morgan fingerprint density at radius 1 is 1.41 bits per heavy atom. The van der Waals surface area contributed by atoms with Crippen molar-refractivity contribution in [1.82, 2.24) is 15.1 Å². The van der Waals surface area contributed by atoms with Crippen molar-refractivity contribution in [2.45, 2.75) is 65.1 Å². The smallest absolute Gasteiger partial charge is 0.0537 e. The maximum atomic E-state index is 4.34. The number of hydrogen-bond donors (Lipinski definition) is 1. The van der Waals surface area contributed by atoms with Crippen LogP contribution >= 0.6 is 0 Å². The van der Waals surface area contributed by atoms with Gasteiger partial charge in [-0.05, 0) is 39.5 Å². The maximum absolute atomic E-state index is 4.34. The average Bonchev–Trinajstić information content (AvgIpc) is 3.00. The van der Waals surface area contributed by atoms with Crippen LogP contribution in [0.5, 0.6) is 0 Å². The lowest BCUT2D eigenvalue weighted by Gasteiger charge is -2.24. The maximum Gasteiger partial charge on any atom is 0.0537 e. The van der Waals surface area contributed by atoms with E-state index in [-0.39, 0.29) is 0 Å². The summed E-state index contributed by atoms with van der Waals surface area (Å²) < 4.78 is 1.99. The normalized spacial score (nSPS) is 20.6. The first-order chi connectivity index (χ1) is 8.20. The fourth-order valence-corrected chi connectivity index (χ4v) is 2.86. The Bertz CT molecular complexity index is 339. The second-order valence-corrected chi connectivity index (χ2v) is 5.35. The monoisotopic (exact) mass is 235 g/mol. The zero-order valence-electron chi connectivity index (χ0n) is 11.3. The van der Waals surface area contributed by atoms with E-state index in [1.54, 1.807) is 0 Å². The van der Waals surface area contributed by atoms with E-state index < -0.39 is 0 Å². The molecule has 0 spiro atoms. The molecule has 1 N–H and O–H groups in total. The molecule has 1 aromatic heterocycles. The van der Waals surface area contributed by atoms with Crippen LogP contribution in [0.1, 0.15) is 58.1 Å². The lowest BCUT2D eigenvalue weighted by Crippen LogP contribution is -2.34. The van der Waals surface area contributed by atoms with Crippen LogP contribution in [0.15, 0.2) is 12.4 Å². The predicted octanol–water partition coefficient (Wildman–Crippen LogP) is 3.13. The Kier molecular flexibility index (Phi) is 4.21. The summed E-state index contributed by atoms with van der Waals surface area (Å²) in [4.78, 5) is 0. The summed E-state index contributed by atoms with van der Waals surface area (Å²) in [7, 11) is 0. The summed E-state index contributed by atoms with van der Waals surface area (Å²) >= 11 is 0. The van der Waals surface area contributed by atoms with Gasteiger partial charge in [0.15, 0.2) is 0 Å². The quantitative estimate of drug-likeness (QED) is 0.849. The minimum atomic E-state index is 0.408. The third kappa shape index (κ3) is 3.09. The number of nitrogens with one attached hydrogen (secondary N) is 1. The molecule has 0 bridgehead atoms. The molecule has 1 unspecified atom stereocenters. The first-order valence-electron chi connectivity index (χ1n) is 6.99. The number of nitrogens with zero attached hydrogens (tertiary/aromatic N) is 2. The summed E-state index contributed by atoms with van der Waals surface area (Å²) in [5.74, 6) is 0.874. The molecule has 96 valence electrons. The van der Waals surface area contributed by atoms with Crippen LogP contribution < -0.4 is 5.32 Å². The van der Waals surface area contributed by atoms with Crippen molar-refractivity contribution >= 4 is 0 Å². The van der Waals surface area contributed by atoms with Crippen molar-refractivity contribution in [3.8, 4) is 0 Å². The van der Waals surface area contributed by atoms with E-state index in [0.29, 0.717) is 12.1 Å². The first kappa shape index (κ1) is 12.6. The number of aryl methyl sites for hydroxylation is 1. The number of aromatic nitrogens is 2. The van der Waals surface area contributed by atoms with Crippen LogP contribution in [-0.4, -0.2) is 15.8 Å². The molecule has 1 heterocycles. The topological polar surface area (TPSA) is 29.9 Å². The molecule has 2 atom stereocenters. The van der Waals surface area contributed by atoms with Gasteiger partial charge in [0.2, 0.25) is 0 Å². The molecule has 1 aliphatic rings. The van der Waals surface area contributed by atoms with Crippen LogP contribution in [0.2, 0.25) is 0 Å². The van der Waals surface area contributed by atoms with Crippen molar-refractivity contribution in [3.63, 3.8) is 0 Å². The van der Waals surface area contributed by atoms with Crippen molar-refractivity contribution in [2.75, 3.05) is 0 Å². The SMILES string of the molecule is CCn1cc(C(C)N[C@H](C)C2CCCC2)cn1. The van der Waals surface area contributed by atoms with Gasteiger partial charge in [-0.2, -0.15) is 5.10 Å². The van der Waals surface area contributed by atoms with Gasteiger partial charge in [-0.15, -0.1) is 0 Å². The molecule has 0 aromatic carbocycles. The van der Waals surface area contributed by atoms with Gasteiger partial charge in [0.25, 0.3) is 0 Å². The van der Waals surface area contributed by atoms with E-state index in [1.165, 1.54) is 31.2 Å². The zero-order chi connectivity index (χ0) is 12.3. The lowest BCUT2D eigenvalue weighted by molar-refractivity contribution is 0.352. The second-order valence-electron chi connectivity index (χ2n) is 5.35. The summed E-state index contributed by atoms with van der Waals surface area (Å²) in [6.07, 6.45) is 9.77. The molecule has 0 aliphatic heterocycles. The fraction of sp³-hybridized carbons (Fsp3) is 0.786. The highest BCUT2D eigenvalue weighted by Gasteiger charge is 2.23. The van der Waals surface area contributed by atoms with E-state index in [4.69, 9.17) is 0 Å². The molecule has 0 saturated heterocycles. The summed E-state index contributed by atoms with van der Waals surface area (Å²) in [6, 6.07) is 1.03. The highest BCUT2D eigenvalue weighted by Crippen LogP contribution is 2.28. The highest BCUT2D eigenvalue weighted by molar-refractivity contribution is 5.09. The van der Waals surface area contributed by atoms with E-state index >= 15 is 0 Å². The van der Waals surface area contributed by atoms with Gasteiger partial charge in [0, 0.05) is 30.4 Å². The van der Waals surface area contributed by atoms with E-state index in [2.05, 4.69) is 37.4 Å². The molecule has 3 heteroatoms. The van der Waals surface area contributed by atoms with Crippen LogP contribution in [-0.2, 0) is 6.54 Å². The Balaban J connectivity index is 1.89. The third-order valence-electron chi connectivity index (χ3n) is 4.10. The summed E-state index contributed by atoms with van der Waals surface area (Å²) in [6.45, 7) is 7.64. The molecular formula is C14H25N3. The zero-order valence-corrected chi connectivity index (χ0v) is 11.3. The van der Waals surface area contributed by atoms with Gasteiger partial charge in [0.05, 0.1) is 6.20 Å². The minimum absolute atomic E-state index is 0.408. The number of hydrogen-bond acceptors (Lipinski definition) is 2. The van der Waals surface area contributed by atoms with E-state index in [1.807, 2.05) is 10.9 Å². The summed E-state index contributed by atoms with van der Waals surface area (Å²) in [5, 5.41) is 8.06. The Hall–Kier alpha value is -0.830. The van der Waals surface area contributed by atoms with Crippen molar-refractivity contribution in [2.24, 2.45) is 5.92 Å². The first-order valence-corrected chi connectivity index (χ1v) is 6.99. The van der Waals surface area contributed by atoms with Crippen molar-refractivity contribution in [3.05, 3.63) is 18.0 Å². The Labute approximate surface area is 105 Å². The van der Waals surface area contributed by atoms with Gasteiger partial charge < -0.3 is 5.32 Å². The molecule has 3 nitrogen and oxygen atoms in total. The highest BCUT2D eigenvalue weighted by atomic mass is 15.3. The molecule has 1 aromatic rings. The van der Waals surface area contributed by atoms with E-state index in [9.17, 15) is 0 Å². The lowest BCUT2D eigenvalue weighted by atomic mass is 9.98. The van der Waals surface area contributed by atoms with Gasteiger partial charge >= 0.3 is 0 Å². The van der Waals surface area contributed by atoms with Crippen LogP contribution in [0.3, 0.4) is 0 Å². The average molecular weight is 235 g/mol. The van der Waals surface area contributed by atoms with Gasteiger partial charge in [-0.3, -0.25) is 4.68 Å². The molecule has 17 heavy (non-hydrogen) atoms. The molecule has 0 amide bonds. The molecular weight excluding hydrogens is 210 g/mol. The summed E-state index contributed by atoms with van der Waals surface area (Å²) in [5.41, 5.74) is 1.30. The molecule has 2 rings (SSSR count). The second kappa shape index (κ2) is 5.67. The largest absolute Gasteiger partial charge is 0.307 e.